The van der Waals surface area contributed by atoms with Crippen molar-refractivity contribution < 1.29 is 14.1 Å². The smallest absolute Gasteiger partial charge is 0.251 e. The van der Waals surface area contributed by atoms with Gasteiger partial charge in [-0.25, -0.2) is 0 Å². The van der Waals surface area contributed by atoms with Crippen molar-refractivity contribution in [3.05, 3.63) is 78.2 Å². The Morgan fingerprint density at radius 1 is 0.967 bits per heavy atom. The molecule has 1 aromatic heterocycles. The van der Waals surface area contributed by atoms with Gasteiger partial charge in [-0.15, -0.1) is 0 Å². The number of benzene rings is 3. The molecule has 1 heterocycles. The molecule has 2 amide bonds. The number of nitrogens with one attached hydrogen (secondary N) is 2. The van der Waals surface area contributed by atoms with Crippen LogP contribution in [-0.4, -0.2) is 28.5 Å². The van der Waals surface area contributed by atoms with Crippen molar-refractivity contribution in [3.63, 3.8) is 0 Å². The molecule has 7 nitrogen and oxygen atoms in total. The van der Waals surface area contributed by atoms with Gasteiger partial charge >= 0.3 is 0 Å². The van der Waals surface area contributed by atoms with E-state index in [0.717, 1.165) is 10.8 Å². The highest BCUT2D eigenvalue weighted by Gasteiger charge is 2.13. The third-order valence-corrected chi connectivity index (χ3v) is 4.62. The average molecular weight is 400 g/mol. The Hall–Kier alpha value is -4.00. The standard InChI is InChI=1S/C23H20N4O3/c1-15-25-22(27-30-15)19-8-4-5-9-20(19)26-21(28)12-13-24-23(29)18-11-10-16-6-2-3-7-17(16)14-18/h2-11,14H,12-13H2,1H3,(H,24,29)(H,26,28). The summed E-state index contributed by atoms with van der Waals surface area (Å²) in [6.45, 7) is 1.93. The van der Waals surface area contributed by atoms with E-state index in [2.05, 4.69) is 20.8 Å². The minimum atomic E-state index is -0.221. The third kappa shape index (κ3) is 4.35. The highest BCUT2D eigenvalue weighted by atomic mass is 16.5. The Kier molecular flexibility index (Phi) is 5.52. The summed E-state index contributed by atoms with van der Waals surface area (Å²) in [4.78, 5) is 29.0. The normalized spacial score (nSPS) is 10.7. The fourth-order valence-electron chi connectivity index (χ4n) is 3.13. The third-order valence-electron chi connectivity index (χ3n) is 4.62. The number of fused-ring (bicyclic) bond motifs is 1. The van der Waals surface area contributed by atoms with E-state index < -0.39 is 0 Å². The monoisotopic (exact) mass is 400 g/mol. The second kappa shape index (κ2) is 8.57. The Morgan fingerprint density at radius 3 is 2.53 bits per heavy atom. The molecule has 0 aliphatic heterocycles. The van der Waals surface area contributed by atoms with Gasteiger partial charge in [0.25, 0.3) is 5.91 Å². The molecule has 0 saturated heterocycles. The fraction of sp³-hybridized carbons (Fsp3) is 0.130. The molecule has 0 spiro atoms. The van der Waals surface area contributed by atoms with Gasteiger partial charge in [-0.1, -0.05) is 47.6 Å². The molecule has 150 valence electrons. The number of hydrogen-bond acceptors (Lipinski definition) is 5. The Labute approximate surface area is 173 Å². The van der Waals surface area contributed by atoms with E-state index in [-0.39, 0.29) is 24.8 Å². The molecule has 4 aromatic rings. The minimum absolute atomic E-state index is 0.138. The van der Waals surface area contributed by atoms with Crippen LogP contribution in [0.15, 0.2) is 71.3 Å². The van der Waals surface area contributed by atoms with Gasteiger partial charge in [0, 0.05) is 31.0 Å². The number of hydrogen-bond donors (Lipinski definition) is 2. The number of carbonyl (C=O) groups excluding carboxylic acids is 2. The molecule has 0 atom stereocenters. The van der Waals surface area contributed by atoms with E-state index in [4.69, 9.17) is 4.52 Å². The summed E-state index contributed by atoms with van der Waals surface area (Å²) in [6, 6.07) is 20.6. The van der Waals surface area contributed by atoms with E-state index in [1.807, 2.05) is 48.5 Å². The first-order valence-electron chi connectivity index (χ1n) is 9.57. The van der Waals surface area contributed by atoms with Gasteiger partial charge in [0.05, 0.1) is 5.69 Å². The van der Waals surface area contributed by atoms with Gasteiger partial charge in [-0.3, -0.25) is 9.59 Å². The van der Waals surface area contributed by atoms with E-state index in [1.165, 1.54) is 0 Å². The van der Waals surface area contributed by atoms with Gasteiger partial charge in [-0.05, 0) is 35.0 Å². The van der Waals surface area contributed by atoms with E-state index >= 15 is 0 Å². The molecule has 30 heavy (non-hydrogen) atoms. The van der Waals surface area contributed by atoms with Crippen molar-refractivity contribution in [1.29, 1.82) is 0 Å². The Bertz CT molecular complexity index is 1220. The quantitative estimate of drug-likeness (QED) is 0.511. The molecule has 0 bridgehead atoms. The largest absolute Gasteiger partial charge is 0.352 e. The number of carbonyl (C=O) groups is 2. The van der Waals surface area contributed by atoms with Crippen LogP contribution in [0.4, 0.5) is 5.69 Å². The van der Waals surface area contributed by atoms with Crippen molar-refractivity contribution in [2.45, 2.75) is 13.3 Å². The lowest BCUT2D eigenvalue weighted by Crippen LogP contribution is -2.27. The van der Waals surface area contributed by atoms with Crippen LogP contribution in [0.25, 0.3) is 22.2 Å². The highest BCUT2D eigenvalue weighted by Crippen LogP contribution is 2.25. The maximum atomic E-state index is 12.4. The van der Waals surface area contributed by atoms with Gasteiger partial charge < -0.3 is 15.2 Å². The molecular formula is C23H20N4O3. The van der Waals surface area contributed by atoms with Crippen molar-refractivity contribution in [2.75, 3.05) is 11.9 Å². The number of amides is 2. The minimum Gasteiger partial charge on any atom is -0.352 e. The number of aromatic nitrogens is 2. The van der Waals surface area contributed by atoms with E-state index in [1.54, 1.807) is 25.1 Å². The van der Waals surface area contributed by atoms with Gasteiger partial charge in [0.2, 0.25) is 17.6 Å². The number of nitrogens with zero attached hydrogens (tertiary/aromatic N) is 2. The first-order valence-corrected chi connectivity index (χ1v) is 9.57. The summed E-state index contributed by atoms with van der Waals surface area (Å²) in [5, 5.41) is 11.6. The van der Waals surface area contributed by atoms with Crippen LogP contribution in [-0.2, 0) is 4.79 Å². The predicted molar refractivity (Wildman–Crippen MR) is 114 cm³/mol. The summed E-state index contributed by atoms with van der Waals surface area (Å²) < 4.78 is 5.02. The lowest BCUT2D eigenvalue weighted by atomic mass is 10.1. The summed E-state index contributed by atoms with van der Waals surface area (Å²) in [6.07, 6.45) is 0.138. The first-order chi connectivity index (χ1) is 14.6. The number of anilines is 1. The lowest BCUT2D eigenvalue weighted by Gasteiger charge is -2.09. The summed E-state index contributed by atoms with van der Waals surface area (Å²) in [7, 11) is 0. The van der Waals surface area contributed by atoms with Crippen molar-refractivity contribution in [3.8, 4) is 11.4 Å². The van der Waals surface area contributed by atoms with Crippen molar-refractivity contribution >= 4 is 28.3 Å². The van der Waals surface area contributed by atoms with Crippen LogP contribution in [0.3, 0.4) is 0 Å². The maximum Gasteiger partial charge on any atom is 0.251 e. The summed E-state index contributed by atoms with van der Waals surface area (Å²) in [5.41, 5.74) is 1.82. The van der Waals surface area contributed by atoms with Crippen LogP contribution in [0, 0.1) is 6.92 Å². The Balaban J connectivity index is 1.34. The van der Waals surface area contributed by atoms with Crippen LogP contribution in [0.5, 0.6) is 0 Å². The molecule has 0 fully saturated rings. The molecule has 0 aliphatic carbocycles. The van der Waals surface area contributed by atoms with Crippen molar-refractivity contribution in [2.24, 2.45) is 0 Å². The SMILES string of the molecule is Cc1nc(-c2ccccc2NC(=O)CCNC(=O)c2ccc3ccccc3c2)no1. The molecule has 0 unspecified atom stereocenters. The summed E-state index contributed by atoms with van der Waals surface area (Å²) in [5.74, 6) is 0.424. The average Bonchev–Trinajstić information content (AvgIpc) is 3.19. The van der Waals surface area contributed by atoms with Crippen LogP contribution in [0.2, 0.25) is 0 Å². The Morgan fingerprint density at radius 2 is 1.73 bits per heavy atom. The number of para-hydroxylation sites is 1. The molecule has 2 N–H and O–H groups in total. The fourth-order valence-corrected chi connectivity index (χ4v) is 3.13. The van der Waals surface area contributed by atoms with Gasteiger partial charge in [0.15, 0.2) is 0 Å². The van der Waals surface area contributed by atoms with Crippen molar-refractivity contribution in [1.82, 2.24) is 15.5 Å². The molecule has 0 radical (unpaired) electrons. The maximum absolute atomic E-state index is 12.4. The second-order valence-corrected chi connectivity index (χ2v) is 6.80. The number of aryl methyl sites for hydroxylation is 1. The van der Waals surface area contributed by atoms with Crippen LogP contribution < -0.4 is 10.6 Å². The van der Waals surface area contributed by atoms with E-state index in [0.29, 0.717) is 28.5 Å². The highest BCUT2D eigenvalue weighted by molar-refractivity contribution is 5.99. The lowest BCUT2D eigenvalue weighted by molar-refractivity contribution is -0.116. The zero-order chi connectivity index (χ0) is 20.9. The topological polar surface area (TPSA) is 97.1 Å². The molecule has 4 rings (SSSR count). The molecule has 0 aliphatic rings. The first kappa shape index (κ1) is 19.3. The molecule has 3 aromatic carbocycles. The van der Waals surface area contributed by atoms with Gasteiger partial charge in [-0.2, -0.15) is 4.98 Å². The molecule has 7 heteroatoms. The molecular weight excluding hydrogens is 380 g/mol. The zero-order valence-electron chi connectivity index (χ0n) is 16.4. The van der Waals surface area contributed by atoms with E-state index in [9.17, 15) is 9.59 Å². The summed E-state index contributed by atoms with van der Waals surface area (Å²) >= 11 is 0. The van der Waals surface area contributed by atoms with Gasteiger partial charge in [0.1, 0.15) is 0 Å². The second-order valence-electron chi connectivity index (χ2n) is 6.80. The predicted octanol–water partition coefficient (Wildman–Crippen LogP) is 3.96. The zero-order valence-corrected chi connectivity index (χ0v) is 16.4. The van der Waals surface area contributed by atoms with Crippen LogP contribution >= 0.6 is 0 Å². The van der Waals surface area contributed by atoms with Crippen LogP contribution in [0.1, 0.15) is 22.7 Å². The number of rotatable bonds is 6. The molecule has 0 saturated carbocycles.